The molecule has 1 aromatic rings. The second-order valence-corrected chi connectivity index (χ2v) is 4.90. The molecule has 3 nitrogen and oxygen atoms in total. The van der Waals surface area contributed by atoms with Gasteiger partial charge in [-0.1, -0.05) is 0 Å². The first-order valence-corrected chi connectivity index (χ1v) is 6.51. The number of hydrogen-bond donors (Lipinski definition) is 1. The molecule has 0 aliphatic carbocycles. The molecule has 1 N–H and O–H groups in total. The van der Waals surface area contributed by atoms with E-state index < -0.39 is 0 Å². The summed E-state index contributed by atoms with van der Waals surface area (Å²) in [5.41, 5.74) is 3.34. The van der Waals surface area contributed by atoms with Crippen molar-refractivity contribution in [3.05, 3.63) is 29.3 Å². The van der Waals surface area contributed by atoms with Gasteiger partial charge in [-0.2, -0.15) is 0 Å². The maximum Gasteiger partial charge on any atom is 0.253 e. The summed E-state index contributed by atoms with van der Waals surface area (Å²) in [4.78, 5) is 14.3. The van der Waals surface area contributed by atoms with Crippen LogP contribution in [-0.4, -0.2) is 30.4 Å². The highest BCUT2D eigenvalue weighted by Gasteiger charge is 2.19. The second-order valence-electron chi connectivity index (χ2n) is 4.90. The van der Waals surface area contributed by atoms with Crippen molar-refractivity contribution in [2.75, 3.05) is 25.0 Å². The van der Waals surface area contributed by atoms with Crippen molar-refractivity contribution in [3.8, 4) is 0 Å². The average Bonchev–Trinajstić information content (AvgIpc) is 2.86. The summed E-state index contributed by atoms with van der Waals surface area (Å²) in [6.07, 6.45) is 4.60. The number of carbonyl (C=O) groups is 1. The van der Waals surface area contributed by atoms with Crippen LogP contribution < -0.4 is 5.32 Å². The van der Waals surface area contributed by atoms with E-state index in [0.717, 1.165) is 44.5 Å². The number of carbonyl (C=O) groups excluding carboxylic acids is 1. The molecule has 0 saturated carbocycles. The van der Waals surface area contributed by atoms with E-state index in [-0.39, 0.29) is 5.91 Å². The Morgan fingerprint density at radius 2 is 2.00 bits per heavy atom. The van der Waals surface area contributed by atoms with Gasteiger partial charge in [0.1, 0.15) is 0 Å². The summed E-state index contributed by atoms with van der Waals surface area (Å²) in [7, 11) is 0. The number of nitrogens with zero attached hydrogens (tertiary/aromatic N) is 1. The predicted octanol–water partition coefficient (Wildman–Crippen LogP) is 2.28. The number of piperidine rings is 1. The van der Waals surface area contributed by atoms with Crippen LogP contribution in [0.1, 0.15) is 35.2 Å². The summed E-state index contributed by atoms with van der Waals surface area (Å²) >= 11 is 0. The Morgan fingerprint density at radius 1 is 1.18 bits per heavy atom. The largest absolute Gasteiger partial charge is 0.384 e. The lowest BCUT2D eigenvalue weighted by atomic mass is 10.1. The van der Waals surface area contributed by atoms with Gasteiger partial charge >= 0.3 is 0 Å². The van der Waals surface area contributed by atoms with Gasteiger partial charge in [0.25, 0.3) is 5.91 Å². The molecule has 3 rings (SSSR count). The van der Waals surface area contributed by atoms with Crippen molar-refractivity contribution < 1.29 is 4.79 Å². The number of anilines is 1. The lowest BCUT2D eigenvalue weighted by molar-refractivity contribution is 0.0724. The van der Waals surface area contributed by atoms with Gasteiger partial charge < -0.3 is 10.2 Å². The van der Waals surface area contributed by atoms with E-state index in [1.807, 2.05) is 17.0 Å². The molecule has 1 amide bonds. The first-order valence-electron chi connectivity index (χ1n) is 6.51. The van der Waals surface area contributed by atoms with Crippen LogP contribution in [0.5, 0.6) is 0 Å². The Kier molecular flexibility index (Phi) is 2.75. The molecule has 0 aromatic heterocycles. The lowest BCUT2D eigenvalue weighted by Gasteiger charge is -2.26. The fraction of sp³-hybridized carbons (Fsp3) is 0.500. The Bertz CT molecular complexity index is 436. The summed E-state index contributed by atoms with van der Waals surface area (Å²) < 4.78 is 0. The molecule has 1 saturated heterocycles. The van der Waals surface area contributed by atoms with Crippen LogP contribution in [0.2, 0.25) is 0 Å². The van der Waals surface area contributed by atoms with Crippen LogP contribution in [0, 0.1) is 0 Å². The van der Waals surface area contributed by atoms with Crippen LogP contribution >= 0.6 is 0 Å². The Hall–Kier alpha value is -1.51. The summed E-state index contributed by atoms with van der Waals surface area (Å²) in [5.74, 6) is 0.208. The molecule has 1 aromatic carbocycles. The zero-order valence-electron chi connectivity index (χ0n) is 10.0. The van der Waals surface area contributed by atoms with Crippen molar-refractivity contribution in [2.45, 2.75) is 25.7 Å². The predicted molar refractivity (Wildman–Crippen MR) is 68.4 cm³/mol. The maximum absolute atomic E-state index is 12.3. The van der Waals surface area contributed by atoms with E-state index >= 15 is 0 Å². The maximum atomic E-state index is 12.3. The topological polar surface area (TPSA) is 32.3 Å². The average molecular weight is 230 g/mol. The number of fused-ring (bicyclic) bond motifs is 1. The van der Waals surface area contributed by atoms with Gasteiger partial charge in [0.15, 0.2) is 0 Å². The van der Waals surface area contributed by atoms with Crippen LogP contribution in [0.15, 0.2) is 18.2 Å². The van der Waals surface area contributed by atoms with E-state index in [1.165, 1.54) is 17.7 Å². The number of benzene rings is 1. The monoisotopic (exact) mass is 230 g/mol. The third-order valence-corrected chi connectivity index (χ3v) is 3.71. The number of nitrogens with one attached hydrogen (secondary N) is 1. The minimum Gasteiger partial charge on any atom is -0.384 e. The molecular weight excluding hydrogens is 212 g/mol. The van der Waals surface area contributed by atoms with Crippen molar-refractivity contribution >= 4 is 11.6 Å². The molecular formula is C14H18N2O. The molecule has 2 aliphatic rings. The van der Waals surface area contributed by atoms with Crippen molar-refractivity contribution in [1.29, 1.82) is 0 Å². The molecule has 0 unspecified atom stereocenters. The van der Waals surface area contributed by atoms with Gasteiger partial charge in [-0.25, -0.2) is 0 Å². The summed E-state index contributed by atoms with van der Waals surface area (Å²) in [5, 5.41) is 3.32. The van der Waals surface area contributed by atoms with E-state index in [9.17, 15) is 4.79 Å². The second kappa shape index (κ2) is 4.40. The number of likely N-dealkylation sites (tertiary alicyclic amines) is 1. The molecule has 0 radical (unpaired) electrons. The van der Waals surface area contributed by atoms with Gasteiger partial charge in [-0.15, -0.1) is 0 Å². The molecule has 90 valence electrons. The van der Waals surface area contributed by atoms with Crippen molar-refractivity contribution in [1.82, 2.24) is 4.90 Å². The standard InChI is InChI=1S/C14H18N2O/c17-14(16-8-2-1-3-9-16)12-4-5-13-11(10-12)6-7-15-13/h4-5,10,15H,1-3,6-9H2. The highest BCUT2D eigenvalue weighted by Crippen LogP contribution is 2.24. The summed E-state index contributed by atoms with van der Waals surface area (Å²) in [6, 6.07) is 6.06. The van der Waals surface area contributed by atoms with E-state index in [2.05, 4.69) is 11.4 Å². The van der Waals surface area contributed by atoms with Crippen molar-refractivity contribution in [3.63, 3.8) is 0 Å². The normalized spacial score (nSPS) is 18.7. The molecule has 17 heavy (non-hydrogen) atoms. The SMILES string of the molecule is O=C(c1ccc2c(c1)CCN2)N1CCCCC1. The Balaban J connectivity index is 1.81. The molecule has 3 heteroatoms. The zero-order chi connectivity index (χ0) is 11.7. The molecule has 2 heterocycles. The number of hydrogen-bond acceptors (Lipinski definition) is 2. The van der Waals surface area contributed by atoms with Gasteiger partial charge in [0.05, 0.1) is 0 Å². The lowest BCUT2D eigenvalue weighted by Crippen LogP contribution is -2.35. The third-order valence-electron chi connectivity index (χ3n) is 3.71. The Morgan fingerprint density at radius 3 is 2.82 bits per heavy atom. The molecule has 2 aliphatic heterocycles. The summed E-state index contributed by atoms with van der Waals surface area (Å²) in [6.45, 7) is 2.85. The van der Waals surface area contributed by atoms with Crippen LogP contribution in [-0.2, 0) is 6.42 Å². The van der Waals surface area contributed by atoms with Crippen LogP contribution in [0.3, 0.4) is 0 Å². The fourth-order valence-electron chi connectivity index (χ4n) is 2.72. The van der Waals surface area contributed by atoms with Crippen molar-refractivity contribution in [2.24, 2.45) is 0 Å². The van der Waals surface area contributed by atoms with E-state index in [4.69, 9.17) is 0 Å². The van der Waals surface area contributed by atoms with E-state index in [0.29, 0.717) is 0 Å². The van der Waals surface area contributed by atoms with E-state index in [1.54, 1.807) is 0 Å². The Labute approximate surface area is 102 Å². The minimum absolute atomic E-state index is 0.208. The quantitative estimate of drug-likeness (QED) is 0.802. The zero-order valence-corrected chi connectivity index (χ0v) is 10.0. The number of rotatable bonds is 1. The van der Waals surface area contributed by atoms with Gasteiger partial charge in [0.2, 0.25) is 0 Å². The molecule has 0 bridgehead atoms. The van der Waals surface area contributed by atoms with Gasteiger partial charge in [0, 0.05) is 30.9 Å². The van der Waals surface area contributed by atoms with Gasteiger partial charge in [-0.05, 0) is 49.4 Å². The molecule has 0 atom stereocenters. The highest BCUT2D eigenvalue weighted by molar-refractivity contribution is 5.95. The first-order chi connectivity index (χ1) is 8.34. The van der Waals surface area contributed by atoms with Crippen LogP contribution in [0.25, 0.3) is 0 Å². The molecule has 1 fully saturated rings. The first kappa shape index (κ1) is 10.6. The van der Waals surface area contributed by atoms with Gasteiger partial charge in [-0.3, -0.25) is 4.79 Å². The van der Waals surface area contributed by atoms with Crippen LogP contribution in [0.4, 0.5) is 5.69 Å². The fourth-order valence-corrected chi connectivity index (χ4v) is 2.72. The number of amides is 1. The third kappa shape index (κ3) is 2.02. The highest BCUT2D eigenvalue weighted by atomic mass is 16.2. The minimum atomic E-state index is 0.208. The smallest absolute Gasteiger partial charge is 0.253 e. The molecule has 0 spiro atoms.